The molecule has 0 saturated carbocycles. The Morgan fingerprint density at radius 2 is 1.52 bits per heavy atom. The Labute approximate surface area is 160 Å². The van der Waals surface area contributed by atoms with E-state index in [0.717, 1.165) is 5.56 Å². The molecule has 0 spiro atoms. The van der Waals surface area contributed by atoms with E-state index in [1.807, 2.05) is 37.3 Å². The van der Waals surface area contributed by atoms with Crippen LogP contribution in [0.1, 0.15) is 43.1 Å². The normalized spacial score (nSPS) is 10.3. The van der Waals surface area contributed by atoms with Crippen LogP contribution in [0.2, 0.25) is 0 Å². The minimum atomic E-state index is -0.135. The molecule has 27 heavy (non-hydrogen) atoms. The smallest absolute Gasteiger partial charge is 0.224 e. The van der Waals surface area contributed by atoms with Crippen LogP contribution in [0.5, 0.6) is 0 Å². The molecule has 0 N–H and O–H groups in total. The SMILES string of the molecule is CCN(Cc1ccccc1)C(=O)CCN(C(C)=O)c1ccc(C(C)=O)cc1. The number of amides is 2. The third-order valence-corrected chi connectivity index (χ3v) is 4.47. The Kier molecular flexibility index (Phi) is 7.29. The van der Waals surface area contributed by atoms with E-state index in [-0.39, 0.29) is 24.0 Å². The average Bonchev–Trinajstić information content (AvgIpc) is 2.67. The number of Topliss-reactive ketones (excluding diaryl/α,β-unsaturated/α-hetero) is 1. The Hall–Kier alpha value is -2.95. The molecule has 0 aromatic heterocycles. The second-order valence-electron chi connectivity index (χ2n) is 6.42. The highest BCUT2D eigenvalue weighted by Gasteiger charge is 2.17. The molecule has 0 heterocycles. The van der Waals surface area contributed by atoms with E-state index in [9.17, 15) is 14.4 Å². The number of ketones is 1. The minimum absolute atomic E-state index is 0.00737. The Bertz CT molecular complexity index is 785. The number of anilines is 1. The molecule has 5 heteroatoms. The van der Waals surface area contributed by atoms with Gasteiger partial charge in [0, 0.05) is 44.2 Å². The molecule has 0 atom stereocenters. The zero-order valence-electron chi connectivity index (χ0n) is 16.1. The van der Waals surface area contributed by atoms with Crippen molar-refractivity contribution in [1.82, 2.24) is 4.90 Å². The van der Waals surface area contributed by atoms with Crippen LogP contribution >= 0.6 is 0 Å². The van der Waals surface area contributed by atoms with Crippen LogP contribution in [0.4, 0.5) is 5.69 Å². The van der Waals surface area contributed by atoms with Crippen LogP contribution in [0.15, 0.2) is 54.6 Å². The van der Waals surface area contributed by atoms with Gasteiger partial charge in [-0.1, -0.05) is 30.3 Å². The minimum Gasteiger partial charge on any atom is -0.339 e. The number of carbonyl (C=O) groups excluding carboxylic acids is 3. The van der Waals surface area contributed by atoms with Crippen molar-refractivity contribution in [3.05, 3.63) is 65.7 Å². The van der Waals surface area contributed by atoms with Gasteiger partial charge in [-0.2, -0.15) is 0 Å². The highest BCUT2D eigenvalue weighted by molar-refractivity contribution is 5.96. The first kappa shape index (κ1) is 20.4. The first-order valence-corrected chi connectivity index (χ1v) is 9.13. The summed E-state index contributed by atoms with van der Waals surface area (Å²) in [4.78, 5) is 39.4. The average molecular weight is 366 g/mol. The van der Waals surface area contributed by atoms with E-state index in [0.29, 0.717) is 30.9 Å². The highest BCUT2D eigenvalue weighted by Crippen LogP contribution is 2.17. The van der Waals surface area contributed by atoms with Gasteiger partial charge in [0.25, 0.3) is 0 Å². The van der Waals surface area contributed by atoms with E-state index in [4.69, 9.17) is 0 Å². The zero-order chi connectivity index (χ0) is 19.8. The van der Waals surface area contributed by atoms with Crippen LogP contribution in [-0.4, -0.2) is 35.6 Å². The number of hydrogen-bond acceptors (Lipinski definition) is 3. The monoisotopic (exact) mass is 366 g/mol. The Balaban J connectivity index is 2.02. The molecule has 2 aromatic rings. The topological polar surface area (TPSA) is 57.7 Å². The predicted octanol–water partition coefficient (Wildman–Crippen LogP) is 3.68. The van der Waals surface area contributed by atoms with Gasteiger partial charge in [-0.15, -0.1) is 0 Å². The maximum atomic E-state index is 12.6. The predicted molar refractivity (Wildman–Crippen MR) is 107 cm³/mol. The van der Waals surface area contributed by atoms with Gasteiger partial charge in [-0.3, -0.25) is 14.4 Å². The van der Waals surface area contributed by atoms with Crippen molar-refractivity contribution in [2.75, 3.05) is 18.0 Å². The van der Waals surface area contributed by atoms with E-state index >= 15 is 0 Å². The molecular formula is C22H26N2O3. The summed E-state index contributed by atoms with van der Waals surface area (Å²) in [5, 5.41) is 0. The summed E-state index contributed by atoms with van der Waals surface area (Å²) in [6.45, 7) is 6.40. The quantitative estimate of drug-likeness (QED) is 0.670. The molecule has 0 radical (unpaired) electrons. The van der Waals surface area contributed by atoms with Gasteiger partial charge < -0.3 is 9.80 Å². The molecule has 0 unspecified atom stereocenters. The number of rotatable bonds is 8. The molecule has 0 bridgehead atoms. The van der Waals surface area contributed by atoms with Crippen molar-refractivity contribution >= 4 is 23.3 Å². The van der Waals surface area contributed by atoms with E-state index in [2.05, 4.69) is 0 Å². The second kappa shape index (κ2) is 9.67. The molecule has 0 saturated heterocycles. The lowest BCUT2D eigenvalue weighted by atomic mass is 10.1. The largest absolute Gasteiger partial charge is 0.339 e. The molecule has 0 aliphatic heterocycles. The summed E-state index contributed by atoms with van der Waals surface area (Å²) in [5.74, 6) is -0.150. The lowest BCUT2D eigenvalue weighted by molar-refractivity contribution is -0.131. The molecule has 0 aliphatic carbocycles. The summed E-state index contributed by atoms with van der Waals surface area (Å²) < 4.78 is 0. The Morgan fingerprint density at radius 1 is 0.889 bits per heavy atom. The van der Waals surface area contributed by atoms with Crippen molar-refractivity contribution < 1.29 is 14.4 Å². The summed E-state index contributed by atoms with van der Waals surface area (Å²) in [6, 6.07) is 16.7. The third-order valence-electron chi connectivity index (χ3n) is 4.47. The lowest BCUT2D eigenvalue weighted by Crippen LogP contribution is -2.36. The summed E-state index contributed by atoms with van der Waals surface area (Å²) in [7, 11) is 0. The first-order chi connectivity index (χ1) is 12.9. The second-order valence-corrected chi connectivity index (χ2v) is 6.42. The Morgan fingerprint density at radius 3 is 2.04 bits per heavy atom. The summed E-state index contributed by atoms with van der Waals surface area (Å²) >= 11 is 0. The molecule has 0 aliphatic rings. The van der Waals surface area contributed by atoms with Crippen LogP contribution in [-0.2, 0) is 16.1 Å². The van der Waals surface area contributed by atoms with Crippen LogP contribution < -0.4 is 4.90 Å². The van der Waals surface area contributed by atoms with Crippen molar-refractivity contribution in [3.63, 3.8) is 0 Å². The van der Waals surface area contributed by atoms with E-state index in [1.54, 1.807) is 34.1 Å². The fourth-order valence-electron chi connectivity index (χ4n) is 2.89. The summed E-state index contributed by atoms with van der Waals surface area (Å²) in [6.07, 6.45) is 0.245. The fraction of sp³-hybridized carbons (Fsp3) is 0.318. The van der Waals surface area contributed by atoms with Gasteiger partial charge in [-0.25, -0.2) is 0 Å². The molecule has 2 aromatic carbocycles. The third kappa shape index (κ3) is 5.78. The number of benzene rings is 2. The maximum Gasteiger partial charge on any atom is 0.224 e. The van der Waals surface area contributed by atoms with Crippen LogP contribution in [0, 0.1) is 0 Å². The molecular weight excluding hydrogens is 340 g/mol. The van der Waals surface area contributed by atoms with Gasteiger partial charge >= 0.3 is 0 Å². The van der Waals surface area contributed by atoms with Gasteiger partial charge in [0.05, 0.1) is 0 Å². The lowest BCUT2D eigenvalue weighted by Gasteiger charge is -2.25. The molecule has 5 nitrogen and oxygen atoms in total. The van der Waals surface area contributed by atoms with Gasteiger partial charge in [-0.05, 0) is 43.7 Å². The van der Waals surface area contributed by atoms with Crippen molar-refractivity contribution in [3.8, 4) is 0 Å². The number of nitrogens with zero attached hydrogens (tertiary/aromatic N) is 2. The van der Waals surface area contributed by atoms with E-state index < -0.39 is 0 Å². The van der Waals surface area contributed by atoms with Gasteiger partial charge in [0.2, 0.25) is 11.8 Å². The fourth-order valence-corrected chi connectivity index (χ4v) is 2.89. The zero-order valence-corrected chi connectivity index (χ0v) is 16.1. The summed E-state index contributed by atoms with van der Waals surface area (Å²) in [5.41, 5.74) is 2.36. The van der Waals surface area contributed by atoms with Crippen molar-refractivity contribution in [2.45, 2.75) is 33.7 Å². The number of carbonyl (C=O) groups is 3. The maximum absolute atomic E-state index is 12.6. The van der Waals surface area contributed by atoms with Gasteiger partial charge in [0.15, 0.2) is 5.78 Å². The number of hydrogen-bond donors (Lipinski definition) is 0. The molecule has 2 amide bonds. The molecule has 0 fully saturated rings. The van der Waals surface area contributed by atoms with Gasteiger partial charge in [0.1, 0.15) is 0 Å². The van der Waals surface area contributed by atoms with E-state index in [1.165, 1.54) is 13.8 Å². The van der Waals surface area contributed by atoms with Crippen LogP contribution in [0.25, 0.3) is 0 Å². The highest BCUT2D eigenvalue weighted by atomic mass is 16.2. The van der Waals surface area contributed by atoms with Crippen LogP contribution in [0.3, 0.4) is 0 Å². The molecule has 142 valence electrons. The van der Waals surface area contributed by atoms with Crippen molar-refractivity contribution in [2.24, 2.45) is 0 Å². The standard InChI is InChI=1S/C22H26N2O3/c1-4-23(16-19-8-6-5-7-9-19)22(27)14-15-24(18(3)26)21-12-10-20(11-13-21)17(2)25/h5-13H,4,14-16H2,1-3H3. The first-order valence-electron chi connectivity index (χ1n) is 9.13. The van der Waals surface area contributed by atoms with Crippen molar-refractivity contribution in [1.29, 1.82) is 0 Å². The molecule has 2 rings (SSSR count).